The monoisotopic (exact) mass is 361 g/mol. The molecule has 0 fully saturated rings. The molecule has 0 saturated carbocycles. The lowest BCUT2D eigenvalue weighted by Gasteiger charge is -2.36. The minimum absolute atomic E-state index is 0.0469. The van der Waals surface area contributed by atoms with Gasteiger partial charge in [0.2, 0.25) is 5.91 Å². The van der Waals surface area contributed by atoms with E-state index < -0.39 is 6.04 Å². The van der Waals surface area contributed by atoms with Crippen LogP contribution in [0.2, 0.25) is 0 Å². The molecule has 1 unspecified atom stereocenters. The number of allylic oxidation sites excluding steroid dienone is 1. The third-order valence-electron chi connectivity index (χ3n) is 4.17. The van der Waals surface area contributed by atoms with Crippen LogP contribution in [0.15, 0.2) is 35.5 Å². The molecule has 0 aromatic heterocycles. The highest BCUT2D eigenvalue weighted by molar-refractivity contribution is 7.80. The summed E-state index contributed by atoms with van der Waals surface area (Å²) in [6.45, 7) is 6.29. The first-order chi connectivity index (χ1) is 11.9. The molecular weight excluding hydrogens is 338 g/mol. The molecule has 1 heterocycles. The first-order valence-corrected chi connectivity index (χ1v) is 8.60. The molecular formula is C18H23N3O3S. The molecule has 0 bridgehead atoms. The number of nitrogens with zero attached hydrogens (tertiary/aromatic N) is 1. The number of esters is 1. The van der Waals surface area contributed by atoms with Gasteiger partial charge in [-0.1, -0.05) is 19.1 Å². The van der Waals surface area contributed by atoms with E-state index in [4.69, 9.17) is 17.0 Å². The molecule has 2 rings (SSSR count). The van der Waals surface area contributed by atoms with Gasteiger partial charge >= 0.3 is 5.97 Å². The zero-order valence-electron chi connectivity index (χ0n) is 14.9. The van der Waals surface area contributed by atoms with Gasteiger partial charge < -0.3 is 20.3 Å². The number of nitrogens with one attached hydrogen (secondary N) is 2. The van der Waals surface area contributed by atoms with E-state index >= 15 is 0 Å². The van der Waals surface area contributed by atoms with Gasteiger partial charge in [-0.15, -0.1) is 0 Å². The minimum Gasteiger partial charge on any atom is -0.466 e. The highest BCUT2D eigenvalue weighted by Gasteiger charge is 2.33. The van der Waals surface area contributed by atoms with Crippen molar-refractivity contribution in [3.8, 4) is 0 Å². The number of carbonyl (C=O) groups is 2. The molecule has 1 aromatic carbocycles. The van der Waals surface area contributed by atoms with Gasteiger partial charge in [-0.25, -0.2) is 4.79 Å². The van der Waals surface area contributed by atoms with E-state index in [0.717, 1.165) is 11.3 Å². The fourth-order valence-electron chi connectivity index (χ4n) is 2.79. The molecule has 6 nitrogen and oxygen atoms in total. The molecule has 1 aromatic rings. The predicted molar refractivity (Wildman–Crippen MR) is 101 cm³/mol. The lowest BCUT2D eigenvalue weighted by molar-refractivity contribution is -0.136. The van der Waals surface area contributed by atoms with Gasteiger partial charge in [0.1, 0.15) is 0 Å². The Hall–Kier alpha value is -2.41. The van der Waals surface area contributed by atoms with Crippen LogP contribution in [0, 0.1) is 0 Å². The average Bonchev–Trinajstić information content (AvgIpc) is 2.61. The van der Waals surface area contributed by atoms with Crippen molar-refractivity contribution in [3.05, 3.63) is 41.1 Å². The summed E-state index contributed by atoms with van der Waals surface area (Å²) in [7, 11) is 1.37. The van der Waals surface area contributed by atoms with Crippen molar-refractivity contribution >= 4 is 34.9 Å². The van der Waals surface area contributed by atoms with Crippen LogP contribution in [0.3, 0.4) is 0 Å². The summed E-state index contributed by atoms with van der Waals surface area (Å²) in [4.78, 5) is 25.7. The molecule has 2 N–H and O–H groups in total. The third-order valence-corrected chi connectivity index (χ3v) is 4.50. The van der Waals surface area contributed by atoms with Crippen molar-refractivity contribution in [2.24, 2.45) is 0 Å². The van der Waals surface area contributed by atoms with Crippen LogP contribution in [0.25, 0.3) is 0 Å². The number of hydrogen-bond acceptors (Lipinski definition) is 4. The van der Waals surface area contributed by atoms with Gasteiger partial charge in [-0.05, 0) is 43.8 Å². The molecule has 134 valence electrons. The lowest BCUT2D eigenvalue weighted by Crippen LogP contribution is -2.47. The first-order valence-electron chi connectivity index (χ1n) is 8.19. The van der Waals surface area contributed by atoms with Gasteiger partial charge in [0.15, 0.2) is 5.11 Å². The van der Waals surface area contributed by atoms with Gasteiger partial charge in [0.05, 0.1) is 18.7 Å². The van der Waals surface area contributed by atoms with Crippen molar-refractivity contribution in [2.45, 2.75) is 33.2 Å². The quantitative estimate of drug-likeness (QED) is 0.621. The van der Waals surface area contributed by atoms with E-state index in [1.807, 2.05) is 43.0 Å². The predicted octanol–water partition coefficient (Wildman–Crippen LogP) is 2.73. The fraction of sp³-hybridized carbons (Fsp3) is 0.389. The second kappa shape index (κ2) is 8.11. The summed E-state index contributed by atoms with van der Waals surface area (Å²) in [6.07, 6.45) is 0.418. The zero-order chi connectivity index (χ0) is 18.6. The third kappa shape index (κ3) is 3.99. The van der Waals surface area contributed by atoms with Gasteiger partial charge in [0, 0.05) is 24.4 Å². The van der Waals surface area contributed by atoms with Crippen molar-refractivity contribution in [1.29, 1.82) is 0 Å². The highest BCUT2D eigenvalue weighted by atomic mass is 32.1. The summed E-state index contributed by atoms with van der Waals surface area (Å²) in [5, 5.41) is 6.59. The number of rotatable bonds is 5. The number of thiocarbonyl (C=S) groups is 1. The Labute approximate surface area is 153 Å². The summed E-state index contributed by atoms with van der Waals surface area (Å²) >= 11 is 5.43. The highest BCUT2D eigenvalue weighted by Crippen LogP contribution is 2.31. The average molecular weight is 361 g/mol. The van der Waals surface area contributed by atoms with Crippen LogP contribution < -0.4 is 10.6 Å². The van der Waals surface area contributed by atoms with Crippen LogP contribution in [-0.2, 0) is 14.3 Å². The molecule has 0 saturated heterocycles. The molecule has 1 aliphatic heterocycles. The molecule has 1 atom stereocenters. The van der Waals surface area contributed by atoms with E-state index in [1.54, 1.807) is 6.92 Å². The SMILES string of the molecule is CCC(=O)Nc1ccc(C2NC(=S)N(CC)C(C)=C2C(=O)OC)cc1. The number of benzene rings is 1. The van der Waals surface area contributed by atoms with Gasteiger partial charge in [0.25, 0.3) is 0 Å². The fourth-order valence-corrected chi connectivity index (χ4v) is 3.18. The Bertz CT molecular complexity index is 713. The number of methoxy groups -OCH3 is 1. The van der Waals surface area contributed by atoms with E-state index in [2.05, 4.69) is 10.6 Å². The topological polar surface area (TPSA) is 70.7 Å². The lowest BCUT2D eigenvalue weighted by atomic mass is 9.95. The van der Waals surface area contributed by atoms with Crippen LogP contribution in [0.4, 0.5) is 5.69 Å². The minimum atomic E-state index is -0.390. The van der Waals surface area contributed by atoms with Crippen molar-refractivity contribution in [2.75, 3.05) is 19.0 Å². The van der Waals surface area contributed by atoms with Gasteiger partial charge in [-0.2, -0.15) is 0 Å². The maximum absolute atomic E-state index is 12.3. The Morgan fingerprint density at radius 3 is 2.44 bits per heavy atom. The number of amides is 1. The summed E-state index contributed by atoms with van der Waals surface area (Å²) < 4.78 is 4.97. The molecule has 1 amide bonds. The number of anilines is 1. The maximum Gasteiger partial charge on any atom is 0.337 e. The molecule has 0 radical (unpaired) electrons. The molecule has 7 heteroatoms. The Morgan fingerprint density at radius 1 is 1.28 bits per heavy atom. The van der Waals surface area contributed by atoms with E-state index in [-0.39, 0.29) is 11.9 Å². The number of carbonyl (C=O) groups excluding carboxylic acids is 2. The van der Waals surface area contributed by atoms with E-state index in [9.17, 15) is 9.59 Å². The summed E-state index contributed by atoms with van der Waals surface area (Å²) in [5.41, 5.74) is 2.89. The molecule has 0 spiro atoms. The Kier molecular flexibility index (Phi) is 6.14. The Morgan fingerprint density at radius 2 is 1.92 bits per heavy atom. The summed E-state index contributed by atoms with van der Waals surface area (Å²) in [5.74, 6) is -0.436. The summed E-state index contributed by atoms with van der Waals surface area (Å²) in [6, 6.07) is 6.96. The zero-order valence-corrected chi connectivity index (χ0v) is 15.7. The van der Waals surface area contributed by atoms with Crippen molar-refractivity contribution < 1.29 is 14.3 Å². The van der Waals surface area contributed by atoms with Crippen LogP contribution in [-0.4, -0.2) is 35.5 Å². The largest absolute Gasteiger partial charge is 0.466 e. The molecule has 25 heavy (non-hydrogen) atoms. The van der Waals surface area contributed by atoms with E-state index in [0.29, 0.717) is 29.3 Å². The first kappa shape index (κ1) is 18.9. The van der Waals surface area contributed by atoms with Gasteiger partial charge in [-0.3, -0.25) is 4.79 Å². The second-order valence-electron chi connectivity index (χ2n) is 5.64. The molecule has 1 aliphatic rings. The standard InChI is InChI=1S/C18H23N3O3S/c1-5-14(22)19-13-9-7-12(8-10-13)16-15(17(23)24-4)11(3)21(6-2)18(25)20-16/h7-10,16H,5-6H2,1-4H3,(H,19,22)(H,20,25). The maximum atomic E-state index is 12.3. The normalized spacial score (nSPS) is 17.2. The van der Waals surface area contributed by atoms with Crippen LogP contribution in [0.5, 0.6) is 0 Å². The van der Waals surface area contributed by atoms with Crippen LogP contribution in [0.1, 0.15) is 38.8 Å². The van der Waals surface area contributed by atoms with Crippen molar-refractivity contribution in [3.63, 3.8) is 0 Å². The van der Waals surface area contributed by atoms with Crippen molar-refractivity contribution in [1.82, 2.24) is 10.2 Å². The number of ether oxygens (including phenoxy) is 1. The molecule has 0 aliphatic carbocycles. The van der Waals surface area contributed by atoms with Crippen LogP contribution >= 0.6 is 12.2 Å². The van der Waals surface area contributed by atoms with E-state index in [1.165, 1.54) is 7.11 Å². The smallest absolute Gasteiger partial charge is 0.337 e. The number of hydrogen-bond donors (Lipinski definition) is 2. The Balaban J connectivity index is 2.38. The second-order valence-corrected chi connectivity index (χ2v) is 6.03.